The van der Waals surface area contributed by atoms with Crippen molar-refractivity contribution in [2.24, 2.45) is 0 Å². The predicted molar refractivity (Wildman–Crippen MR) is 67.6 cm³/mol. The fourth-order valence-electron chi connectivity index (χ4n) is 1.76. The van der Waals surface area contributed by atoms with Crippen molar-refractivity contribution >= 4 is 5.78 Å². The number of halogens is 1. The van der Waals surface area contributed by atoms with Gasteiger partial charge in [-0.25, -0.2) is 4.39 Å². The zero-order chi connectivity index (χ0) is 13.1. The average molecular weight is 244 g/mol. The van der Waals surface area contributed by atoms with Gasteiger partial charge in [0.15, 0.2) is 5.78 Å². The van der Waals surface area contributed by atoms with E-state index in [-0.39, 0.29) is 5.78 Å². The average Bonchev–Trinajstić information content (AvgIpc) is 2.41. The molecule has 0 saturated carbocycles. The lowest BCUT2D eigenvalue weighted by Crippen LogP contribution is -2.04. The van der Waals surface area contributed by atoms with Gasteiger partial charge >= 0.3 is 0 Å². The molecule has 3 heteroatoms. The van der Waals surface area contributed by atoms with Crippen LogP contribution in [0.15, 0.2) is 42.5 Å². The number of hydrogen-bond acceptors (Lipinski definition) is 2. The Balaban J connectivity index is 2.44. The van der Waals surface area contributed by atoms with Crippen molar-refractivity contribution in [2.45, 2.75) is 6.92 Å². The van der Waals surface area contributed by atoms with E-state index in [0.717, 1.165) is 5.56 Å². The van der Waals surface area contributed by atoms with E-state index in [0.29, 0.717) is 16.9 Å². The van der Waals surface area contributed by atoms with Crippen LogP contribution in [-0.4, -0.2) is 12.9 Å². The van der Waals surface area contributed by atoms with Crippen molar-refractivity contribution in [1.82, 2.24) is 0 Å². The first kappa shape index (κ1) is 12.3. The second kappa shape index (κ2) is 5.00. The standard InChI is InChI=1S/C15H13FO2/c1-10-6-7-12(16)9-14(10)15(17)11-4-3-5-13(8-11)18-2/h3-9H,1-2H3. The van der Waals surface area contributed by atoms with Crippen molar-refractivity contribution in [3.05, 3.63) is 65.0 Å². The lowest BCUT2D eigenvalue weighted by molar-refractivity contribution is 0.103. The molecule has 0 heterocycles. The van der Waals surface area contributed by atoms with Gasteiger partial charge < -0.3 is 4.74 Å². The molecule has 0 radical (unpaired) electrons. The van der Waals surface area contributed by atoms with Crippen molar-refractivity contribution in [3.8, 4) is 5.75 Å². The molecule has 0 saturated heterocycles. The third-order valence-electron chi connectivity index (χ3n) is 2.78. The minimum Gasteiger partial charge on any atom is -0.497 e. The van der Waals surface area contributed by atoms with Crippen molar-refractivity contribution in [1.29, 1.82) is 0 Å². The Labute approximate surface area is 105 Å². The largest absolute Gasteiger partial charge is 0.497 e. The van der Waals surface area contributed by atoms with Gasteiger partial charge in [-0.2, -0.15) is 0 Å². The molecule has 0 amide bonds. The zero-order valence-corrected chi connectivity index (χ0v) is 10.2. The summed E-state index contributed by atoms with van der Waals surface area (Å²) in [6, 6.07) is 11.0. The van der Waals surface area contributed by atoms with Crippen LogP contribution >= 0.6 is 0 Å². The third-order valence-corrected chi connectivity index (χ3v) is 2.78. The van der Waals surface area contributed by atoms with Gasteiger partial charge in [0.2, 0.25) is 0 Å². The summed E-state index contributed by atoms with van der Waals surface area (Å²) in [7, 11) is 1.54. The third kappa shape index (κ3) is 2.40. The summed E-state index contributed by atoms with van der Waals surface area (Å²) in [5, 5.41) is 0. The van der Waals surface area contributed by atoms with E-state index in [1.54, 1.807) is 37.3 Å². The fraction of sp³-hybridized carbons (Fsp3) is 0.133. The summed E-state index contributed by atoms with van der Waals surface area (Å²) in [5.41, 5.74) is 1.62. The maximum Gasteiger partial charge on any atom is 0.193 e. The lowest BCUT2D eigenvalue weighted by atomic mass is 9.99. The second-order valence-corrected chi connectivity index (χ2v) is 4.02. The molecule has 2 nitrogen and oxygen atoms in total. The van der Waals surface area contributed by atoms with E-state index >= 15 is 0 Å². The highest BCUT2D eigenvalue weighted by Crippen LogP contribution is 2.19. The normalized spacial score (nSPS) is 10.2. The van der Waals surface area contributed by atoms with E-state index in [1.165, 1.54) is 19.2 Å². The van der Waals surface area contributed by atoms with E-state index in [4.69, 9.17) is 4.74 Å². The number of carbonyl (C=O) groups excluding carboxylic acids is 1. The van der Waals surface area contributed by atoms with E-state index in [2.05, 4.69) is 0 Å². The molecule has 0 N–H and O–H groups in total. The number of aryl methyl sites for hydroxylation is 1. The number of rotatable bonds is 3. The minimum atomic E-state index is -0.410. The van der Waals surface area contributed by atoms with Gasteiger partial charge in [0.05, 0.1) is 7.11 Å². The number of ketones is 1. The molecule has 0 aliphatic heterocycles. The number of methoxy groups -OCH3 is 1. The molecule has 18 heavy (non-hydrogen) atoms. The number of hydrogen-bond donors (Lipinski definition) is 0. The van der Waals surface area contributed by atoms with Crippen LogP contribution in [0, 0.1) is 12.7 Å². The van der Waals surface area contributed by atoms with E-state index in [1.807, 2.05) is 0 Å². The second-order valence-electron chi connectivity index (χ2n) is 4.02. The number of ether oxygens (including phenoxy) is 1. The van der Waals surface area contributed by atoms with E-state index < -0.39 is 5.82 Å². The van der Waals surface area contributed by atoms with Crippen LogP contribution in [0.5, 0.6) is 5.75 Å². The molecule has 0 fully saturated rings. The van der Waals surface area contributed by atoms with Gasteiger partial charge in [0.1, 0.15) is 11.6 Å². The Morgan fingerprint density at radius 3 is 2.67 bits per heavy atom. The van der Waals surface area contributed by atoms with Crippen molar-refractivity contribution in [3.63, 3.8) is 0 Å². The van der Waals surface area contributed by atoms with Crippen LogP contribution < -0.4 is 4.74 Å². The molecule has 92 valence electrons. The molecule has 0 unspecified atom stereocenters. The Hall–Kier alpha value is -2.16. The molecule has 0 atom stereocenters. The minimum absolute atomic E-state index is 0.203. The Bertz CT molecular complexity index is 591. The molecule has 0 spiro atoms. The zero-order valence-electron chi connectivity index (χ0n) is 10.2. The smallest absolute Gasteiger partial charge is 0.193 e. The highest BCUT2D eigenvalue weighted by molar-refractivity contribution is 6.10. The Morgan fingerprint density at radius 1 is 1.17 bits per heavy atom. The van der Waals surface area contributed by atoms with Gasteiger partial charge in [-0.3, -0.25) is 4.79 Å². The SMILES string of the molecule is COc1cccc(C(=O)c2cc(F)ccc2C)c1. The topological polar surface area (TPSA) is 26.3 Å². The molecule has 2 aromatic rings. The summed E-state index contributed by atoms with van der Waals surface area (Å²) < 4.78 is 18.3. The molecular weight excluding hydrogens is 231 g/mol. The summed E-state index contributed by atoms with van der Waals surface area (Å²) in [6.07, 6.45) is 0. The van der Waals surface area contributed by atoms with Crippen LogP contribution in [0.3, 0.4) is 0 Å². The highest BCUT2D eigenvalue weighted by Gasteiger charge is 2.13. The fourth-order valence-corrected chi connectivity index (χ4v) is 1.76. The molecule has 2 rings (SSSR count). The summed E-state index contributed by atoms with van der Waals surface area (Å²) in [5.74, 6) is -0.00680. The van der Waals surface area contributed by atoms with Crippen LogP contribution in [0.25, 0.3) is 0 Å². The molecule has 0 aliphatic carbocycles. The molecule has 0 aromatic heterocycles. The summed E-state index contributed by atoms with van der Waals surface area (Å²) >= 11 is 0. The van der Waals surface area contributed by atoms with Gasteiger partial charge in [-0.05, 0) is 36.8 Å². The van der Waals surface area contributed by atoms with Crippen LogP contribution in [0.2, 0.25) is 0 Å². The molecule has 2 aromatic carbocycles. The van der Waals surface area contributed by atoms with Crippen LogP contribution in [-0.2, 0) is 0 Å². The van der Waals surface area contributed by atoms with Gasteiger partial charge in [-0.1, -0.05) is 18.2 Å². The van der Waals surface area contributed by atoms with E-state index in [9.17, 15) is 9.18 Å². The predicted octanol–water partition coefficient (Wildman–Crippen LogP) is 3.37. The maximum atomic E-state index is 13.2. The summed E-state index contributed by atoms with van der Waals surface area (Å²) in [6.45, 7) is 1.78. The first-order valence-electron chi connectivity index (χ1n) is 5.56. The lowest BCUT2D eigenvalue weighted by Gasteiger charge is -2.06. The van der Waals surface area contributed by atoms with Crippen molar-refractivity contribution < 1.29 is 13.9 Å². The first-order chi connectivity index (χ1) is 8.61. The summed E-state index contributed by atoms with van der Waals surface area (Å²) in [4.78, 5) is 12.3. The number of benzene rings is 2. The van der Waals surface area contributed by atoms with Gasteiger partial charge in [0.25, 0.3) is 0 Å². The maximum absolute atomic E-state index is 13.2. The molecule has 0 bridgehead atoms. The quantitative estimate of drug-likeness (QED) is 0.774. The Morgan fingerprint density at radius 2 is 1.94 bits per heavy atom. The van der Waals surface area contributed by atoms with Gasteiger partial charge in [-0.15, -0.1) is 0 Å². The number of carbonyl (C=O) groups is 1. The Kier molecular flexibility index (Phi) is 3.42. The molecule has 0 aliphatic rings. The van der Waals surface area contributed by atoms with Crippen LogP contribution in [0.4, 0.5) is 4.39 Å². The van der Waals surface area contributed by atoms with Gasteiger partial charge in [0, 0.05) is 11.1 Å². The first-order valence-corrected chi connectivity index (χ1v) is 5.56. The van der Waals surface area contributed by atoms with Crippen molar-refractivity contribution in [2.75, 3.05) is 7.11 Å². The monoisotopic (exact) mass is 244 g/mol. The van der Waals surface area contributed by atoms with Crippen LogP contribution in [0.1, 0.15) is 21.5 Å². The highest BCUT2D eigenvalue weighted by atomic mass is 19.1. The molecular formula is C15H13FO2.